The number of amidine groups is 1. The number of rotatable bonds is 6. The van der Waals surface area contributed by atoms with Crippen molar-refractivity contribution in [1.82, 2.24) is 4.90 Å². The molecule has 0 bridgehead atoms. The van der Waals surface area contributed by atoms with Gasteiger partial charge in [-0.1, -0.05) is 24.3 Å². The summed E-state index contributed by atoms with van der Waals surface area (Å²) in [5.41, 5.74) is 7.52. The van der Waals surface area contributed by atoms with Crippen molar-refractivity contribution in [3.8, 4) is 11.1 Å². The zero-order valence-corrected chi connectivity index (χ0v) is 19.1. The first-order valence-electron chi connectivity index (χ1n) is 8.84. The number of nitrogens with one attached hydrogen (secondary N) is 1. The topological polar surface area (TPSA) is 104 Å². The summed E-state index contributed by atoms with van der Waals surface area (Å²) in [5.74, 6) is -0.284. The third-order valence-electron chi connectivity index (χ3n) is 4.40. The van der Waals surface area contributed by atoms with E-state index in [-0.39, 0.29) is 21.5 Å². The molecule has 0 aliphatic heterocycles. The van der Waals surface area contributed by atoms with E-state index in [1.807, 2.05) is 12.1 Å². The molecule has 0 saturated carbocycles. The van der Waals surface area contributed by atoms with Crippen molar-refractivity contribution in [1.29, 1.82) is 5.41 Å². The second-order valence-corrected chi connectivity index (χ2v) is 10.7. The Kier molecular flexibility index (Phi) is 6.35. The number of thioether (sulfide) groups is 1. The zero-order valence-electron chi connectivity index (χ0n) is 16.7. The van der Waals surface area contributed by atoms with Crippen LogP contribution in [0.15, 0.2) is 68.6 Å². The maximum atomic E-state index is 13.3. The smallest absolute Gasteiger partial charge is 0.253 e. The first kappa shape index (κ1) is 22.1. The van der Waals surface area contributed by atoms with E-state index in [4.69, 9.17) is 11.1 Å². The monoisotopic (exact) mass is 459 g/mol. The largest absolute Gasteiger partial charge is 0.383 e. The van der Waals surface area contributed by atoms with Crippen LogP contribution < -0.4 is 5.73 Å². The SMILES string of the molecule is CSc1sc(C(=N)N)cc1S(=O)(=O)c1cccc(-c2cccc(C(=O)N(C)C)c2)c1. The molecule has 1 aromatic heterocycles. The minimum absolute atomic E-state index is 0.125. The Morgan fingerprint density at radius 2 is 1.70 bits per heavy atom. The molecule has 2 aromatic carbocycles. The number of hydrogen-bond acceptors (Lipinski definition) is 6. The predicted octanol–water partition coefficient (Wildman–Crippen LogP) is 3.96. The fourth-order valence-corrected chi connectivity index (χ4v) is 6.78. The molecule has 30 heavy (non-hydrogen) atoms. The minimum Gasteiger partial charge on any atom is -0.383 e. The van der Waals surface area contributed by atoms with E-state index in [9.17, 15) is 13.2 Å². The van der Waals surface area contributed by atoms with Gasteiger partial charge in [0.05, 0.1) is 18.9 Å². The van der Waals surface area contributed by atoms with E-state index >= 15 is 0 Å². The highest BCUT2D eigenvalue weighted by Crippen LogP contribution is 2.37. The lowest BCUT2D eigenvalue weighted by Gasteiger charge is -2.12. The van der Waals surface area contributed by atoms with Gasteiger partial charge in [0.2, 0.25) is 9.84 Å². The Labute approximate surface area is 184 Å². The van der Waals surface area contributed by atoms with Crippen LogP contribution in [-0.4, -0.2) is 45.4 Å². The Bertz CT molecular complexity index is 1230. The van der Waals surface area contributed by atoms with Crippen LogP contribution in [0.25, 0.3) is 11.1 Å². The third kappa shape index (κ3) is 4.28. The van der Waals surface area contributed by atoms with E-state index in [1.165, 1.54) is 34.1 Å². The van der Waals surface area contributed by atoms with Crippen LogP contribution in [0.2, 0.25) is 0 Å². The second kappa shape index (κ2) is 8.63. The average molecular weight is 460 g/mol. The summed E-state index contributed by atoms with van der Waals surface area (Å²) in [6.45, 7) is 0. The van der Waals surface area contributed by atoms with Crippen molar-refractivity contribution >= 4 is 44.7 Å². The first-order chi connectivity index (χ1) is 14.1. The van der Waals surface area contributed by atoms with Gasteiger partial charge in [-0.05, 0) is 47.7 Å². The summed E-state index contributed by atoms with van der Waals surface area (Å²) in [7, 11) is -0.438. The molecule has 1 amide bonds. The van der Waals surface area contributed by atoms with Gasteiger partial charge in [-0.3, -0.25) is 10.2 Å². The molecule has 0 spiro atoms. The molecule has 0 aliphatic carbocycles. The number of hydrogen-bond donors (Lipinski definition) is 2. The van der Waals surface area contributed by atoms with E-state index in [1.54, 1.807) is 56.7 Å². The van der Waals surface area contributed by atoms with Crippen LogP contribution in [0.3, 0.4) is 0 Å². The molecule has 0 aliphatic rings. The molecule has 0 radical (unpaired) electrons. The highest BCUT2D eigenvalue weighted by molar-refractivity contribution is 8.01. The number of amides is 1. The van der Waals surface area contributed by atoms with E-state index in [0.29, 0.717) is 20.2 Å². The number of benzene rings is 2. The van der Waals surface area contributed by atoms with E-state index in [2.05, 4.69) is 0 Å². The second-order valence-electron chi connectivity index (χ2n) is 6.69. The normalized spacial score (nSPS) is 11.3. The fourth-order valence-electron chi connectivity index (χ4n) is 2.88. The summed E-state index contributed by atoms with van der Waals surface area (Å²) in [4.78, 5) is 14.5. The Morgan fingerprint density at radius 1 is 1.07 bits per heavy atom. The van der Waals surface area contributed by atoms with Crippen molar-refractivity contribution in [2.24, 2.45) is 5.73 Å². The number of thiophene rings is 1. The molecule has 9 heteroatoms. The molecular formula is C21H21N3O3S3. The standard InChI is InChI=1S/C21H21N3O3S3/c1-24(2)20(25)15-8-4-6-13(10-15)14-7-5-9-16(11-14)30(26,27)18-12-17(19(22)23)29-21(18)28-3/h4-12H,1-3H3,(H3,22,23). The predicted molar refractivity (Wildman–Crippen MR) is 122 cm³/mol. The molecule has 0 saturated heterocycles. The lowest BCUT2D eigenvalue weighted by molar-refractivity contribution is 0.0827. The Balaban J connectivity index is 2.07. The van der Waals surface area contributed by atoms with Gasteiger partial charge < -0.3 is 10.6 Å². The van der Waals surface area contributed by atoms with Crippen molar-refractivity contribution in [3.63, 3.8) is 0 Å². The van der Waals surface area contributed by atoms with E-state index < -0.39 is 9.84 Å². The first-order valence-corrected chi connectivity index (χ1v) is 12.4. The number of sulfone groups is 1. The summed E-state index contributed by atoms with van der Waals surface area (Å²) in [6, 6.07) is 15.2. The summed E-state index contributed by atoms with van der Waals surface area (Å²) in [5, 5.41) is 7.61. The van der Waals surface area contributed by atoms with Crippen LogP contribution in [0.5, 0.6) is 0 Å². The van der Waals surface area contributed by atoms with Gasteiger partial charge in [0, 0.05) is 19.7 Å². The number of carbonyl (C=O) groups excluding carboxylic acids is 1. The molecule has 1 heterocycles. The zero-order chi connectivity index (χ0) is 22.1. The molecule has 156 valence electrons. The quantitative estimate of drug-likeness (QED) is 0.330. The summed E-state index contributed by atoms with van der Waals surface area (Å²) in [6.07, 6.45) is 1.79. The molecule has 3 N–H and O–H groups in total. The van der Waals surface area contributed by atoms with Gasteiger partial charge in [0.1, 0.15) is 5.84 Å². The van der Waals surface area contributed by atoms with Crippen molar-refractivity contribution in [3.05, 3.63) is 65.0 Å². The lowest BCUT2D eigenvalue weighted by atomic mass is 10.0. The molecule has 3 rings (SSSR count). The molecule has 0 atom stereocenters. The molecule has 0 fully saturated rings. The highest BCUT2D eigenvalue weighted by atomic mass is 32.2. The number of nitrogens with two attached hydrogens (primary N) is 1. The minimum atomic E-state index is -3.80. The van der Waals surface area contributed by atoms with Gasteiger partial charge in [-0.25, -0.2) is 8.42 Å². The number of nitrogens with zero attached hydrogens (tertiary/aromatic N) is 1. The Morgan fingerprint density at radius 3 is 2.30 bits per heavy atom. The van der Waals surface area contributed by atoms with Gasteiger partial charge in [-0.2, -0.15) is 0 Å². The number of carbonyl (C=O) groups is 1. The van der Waals surface area contributed by atoms with Gasteiger partial charge >= 0.3 is 0 Å². The van der Waals surface area contributed by atoms with Crippen LogP contribution in [-0.2, 0) is 9.84 Å². The van der Waals surface area contributed by atoms with E-state index in [0.717, 1.165) is 5.56 Å². The third-order valence-corrected chi connectivity index (χ3v) is 8.74. The van der Waals surface area contributed by atoms with Crippen LogP contribution in [0, 0.1) is 5.41 Å². The summed E-state index contributed by atoms with van der Waals surface area (Å²) < 4.78 is 27.2. The fraction of sp³-hybridized carbons (Fsp3) is 0.143. The molecule has 0 unspecified atom stereocenters. The van der Waals surface area contributed by atoms with Crippen LogP contribution in [0.1, 0.15) is 15.2 Å². The maximum Gasteiger partial charge on any atom is 0.253 e. The number of nitrogen functional groups attached to an aromatic ring is 1. The molecule has 3 aromatic rings. The lowest BCUT2D eigenvalue weighted by Crippen LogP contribution is -2.21. The van der Waals surface area contributed by atoms with Gasteiger partial charge in [-0.15, -0.1) is 23.1 Å². The van der Waals surface area contributed by atoms with Crippen molar-refractivity contribution in [2.75, 3.05) is 20.4 Å². The van der Waals surface area contributed by atoms with Crippen LogP contribution in [0.4, 0.5) is 0 Å². The van der Waals surface area contributed by atoms with Crippen molar-refractivity contribution in [2.45, 2.75) is 14.0 Å². The summed E-state index contributed by atoms with van der Waals surface area (Å²) >= 11 is 2.50. The van der Waals surface area contributed by atoms with Gasteiger partial charge in [0.25, 0.3) is 5.91 Å². The molecular weight excluding hydrogens is 438 g/mol. The highest BCUT2D eigenvalue weighted by Gasteiger charge is 2.25. The Hall–Kier alpha value is -2.62. The van der Waals surface area contributed by atoms with Gasteiger partial charge in [0.15, 0.2) is 0 Å². The van der Waals surface area contributed by atoms with Crippen LogP contribution >= 0.6 is 23.1 Å². The van der Waals surface area contributed by atoms with Crippen molar-refractivity contribution < 1.29 is 13.2 Å². The average Bonchev–Trinajstić information content (AvgIpc) is 3.19. The molecule has 6 nitrogen and oxygen atoms in total. The maximum absolute atomic E-state index is 13.3.